The Morgan fingerprint density at radius 2 is 1.16 bits per heavy atom. The Balaban J connectivity index is 1.65. The van der Waals surface area contributed by atoms with Crippen LogP contribution in [0, 0.1) is 6.92 Å². The zero-order valence-corrected chi connectivity index (χ0v) is 15.7. The highest BCUT2D eigenvalue weighted by molar-refractivity contribution is 7.84. The van der Waals surface area contributed by atoms with E-state index in [9.17, 15) is 8.42 Å². The van der Waals surface area contributed by atoms with Gasteiger partial charge in [-0.3, -0.25) is 8.42 Å². The summed E-state index contributed by atoms with van der Waals surface area (Å²) < 4.78 is 24.9. The number of hydrogen-bond donors (Lipinski definition) is 0. The van der Waals surface area contributed by atoms with Crippen LogP contribution in [-0.4, -0.2) is 8.42 Å². The number of benzene rings is 3. The van der Waals surface area contributed by atoms with Gasteiger partial charge < -0.3 is 0 Å². The van der Waals surface area contributed by atoms with Crippen LogP contribution in [0.3, 0.4) is 0 Å². The van der Waals surface area contributed by atoms with Gasteiger partial charge in [0.05, 0.1) is 33.1 Å². The summed E-state index contributed by atoms with van der Waals surface area (Å²) in [6.45, 7) is 1.98. The van der Waals surface area contributed by atoms with Crippen molar-refractivity contribution in [3.05, 3.63) is 95.6 Å². The standard InChI is InChI=1S/C21H20O2S2/c1-17-7-5-6-10-21(17)25(23)16-19-13-11-18(12-14-19)15-24(22)20-8-3-2-4-9-20/h2-14H,15-16H2,1H3. The van der Waals surface area contributed by atoms with E-state index in [0.29, 0.717) is 11.5 Å². The van der Waals surface area contributed by atoms with Crippen LogP contribution in [0.5, 0.6) is 0 Å². The number of hydrogen-bond acceptors (Lipinski definition) is 2. The predicted molar refractivity (Wildman–Crippen MR) is 104 cm³/mol. The first-order valence-corrected chi connectivity index (χ1v) is 10.7. The molecule has 4 heteroatoms. The van der Waals surface area contributed by atoms with Crippen LogP contribution < -0.4 is 0 Å². The van der Waals surface area contributed by atoms with E-state index in [2.05, 4.69) is 0 Å². The minimum Gasteiger partial charge on any atom is -0.254 e. The largest absolute Gasteiger partial charge is 0.254 e. The van der Waals surface area contributed by atoms with Crippen molar-refractivity contribution in [3.63, 3.8) is 0 Å². The molecule has 2 unspecified atom stereocenters. The molecule has 0 fully saturated rings. The third-order valence-electron chi connectivity index (χ3n) is 3.96. The van der Waals surface area contributed by atoms with Crippen molar-refractivity contribution < 1.29 is 8.42 Å². The van der Waals surface area contributed by atoms with Gasteiger partial charge in [0.1, 0.15) is 0 Å². The highest BCUT2D eigenvalue weighted by Gasteiger charge is 2.09. The summed E-state index contributed by atoms with van der Waals surface area (Å²) in [6.07, 6.45) is 0. The first kappa shape index (κ1) is 17.8. The monoisotopic (exact) mass is 368 g/mol. The fourth-order valence-electron chi connectivity index (χ4n) is 2.58. The first-order valence-electron chi connectivity index (χ1n) is 8.09. The van der Waals surface area contributed by atoms with Crippen molar-refractivity contribution in [3.8, 4) is 0 Å². The van der Waals surface area contributed by atoms with E-state index in [1.807, 2.05) is 85.8 Å². The third-order valence-corrected chi connectivity index (χ3v) is 6.90. The van der Waals surface area contributed by atoms with Gasteiger partial charge in [0.15, 0.2) is 0 Å². The molecule has 3 rings (SSSR count). The van der Waals surface area contributed by atoms with Gasteiger partial charge in [-0.05, 0) is 41.8 Å². The maximum absolute atomic E-state index is 12.5. The van der Waals surface area contributed by atoms with E-state index in [4.69, 9.17) is 0 Å². The summed E-state index contributed by atoms with van der Waals surface area (Å²) in [5.41, 5.74) is 3.10. The predicted octanol–water partition coefficient (Wildman–Crippen LogP) is 4.61. The second kappa shape index (κ2) is 8.37. The van der Waals surface area contributed by atoms with Crippen LogP contribution in [0.2, 0.25) is 0 Å². The molecule has 2 nitrogen and oxygen atoms in total. The van der Waals surface area contributed by atoms with E-state index in [1.54, 1.807) is 0 Å². The molecule has 128 valence electrons. The Bertz CT molecular complexity index is 887. The first-order chi connectivity index (χ1) is 12.1. The maximum atomic E-state index is 12.5. The summed E-state index contributed by atoms with van der Waals surface area (Å²) in [5, 5.41) is 0. The molecular formula is C21H20O2S2. The fourth-order valence-corrected chi connectivity index (χ4v) is 5.01. The molecule has 0 spiro atoms. The zero-order valence-electron chi connectivity index (χ0n) is 14.1. The van der Waals surface area contributed by atoms with Crippen molar-refractivity contribution in [1.82, 2.24) is 0 Å². The molecule has 3 aromatic rings. The molecule has 0 heterocycles. The number of rotatable bonds is 6. The Morgan fingerprint density at radius 1 is 0.640 bits per heavy atom. The van der Waals surface area contributed by atoms with Gasteiger partial charge in [0.2, 0.25) is 0 Å². The highest BCUT2D eigenvalue weighted by atomic mass is 32.2. The van der Waals surface area contributed by atoms with Gasteiger partial charge in [-0.25, -0.2) is 0 Å². The summed E-state index contributed by atoms with van der Waals surface area (Å²) in [4.78, 5) is 1.73. The molecule has 0 aliphatic heterocycles. The van der Waals surface area contributed by atoms with Crippen molar-refractivity contribution in [1.29, 1.82) is 0 Å². The van der Waals surface area contributed by atoms with E-state index in [-0.39, 0.29) is 0 Å². The molecular weight excluding hydrogens is 348 g/mol. The number of aryl methyl sites for hydroxylation is 1. The maximum Gasteiger partial charge on any atom is 0.0576 e. The van der Waals surface area contributed by atoms with Crippen LogP contribution >= 0.6 is 0 Å². The lowest BCUT2D eigenvalue weighted by Gasteiger charge is -2.07. The molecule has 0 N–H and O–H groups in total. The molecule has 25 heavy (non-hydrogen) atoms. The SMILES string of the molecule is Cc1ccccc1S(=O)Cc1ccc(CS(=O)c2ccccc2)cc1. The molecule has 0 saturated carbocycles. The smallest absolute Gasteiger partial charge is 0.0576 e. The van der Waals surface area contributed by atoms with Crippen LogP contribution in [0.1, 0.15) is 16.7 Å². The highest BCUT2D eigenvalue weighted by Crippen LogP contribution is 2.18. The van der Waals surface area contributed by atoms with Gasteiger partial charge >= 0.3 is 0 Å². The second-order valence-corrected chi connectivity index (χ2v) is 8.75. The van der Waals surface area contributed by atoms with Crippen LogP contribution in [0.25, 0.3) is 0 Å². The van der Waals surface area contributed by atoms with Gasteiger partial charge in [-0.1, -0.05) is 60.7 Å². The zero-order chi connectivity index (χ0) is 17.6. The quantitative estimate of drug-likeness (QED) is 0.637. The summed E-state index contributed by atoms with van der Waals surface area (Å²) in [5.74, 6) is 0.984. The van der Waals surface area contributed by atoms with Gasteiger partial charge in [-0.2, -0.15) is 0 Å². The Kier molecular flexibility index (Phi) is 5.95. The lowest BCUT2D eigenvalue weighted by Crippen LogP contribution is -2.00. The summed E-state index contributed by atoms with van der Waals surface area (Å²) >= 11 is 0. The van der Waals surface area contributed by atoms with Crippen LogP contribution in [0.4, 0.5) is 0 Å². The van der Waals surface area contributed by atoms with Crippen LogP contribution in [-0.2, 0) is 33.1 Å². The topological polar surface area (TPSA) is 34.1 Å². The molecule has 0 bridgehead atoms. The van der Waals surface area contributed by atoms with Gasteiger partial charge in [0, 0.05) is 9.79 Å². The fraction of sp³-hybridized carbons (Fsp3) is 0.143. The van der Waals surface area contributed by atoms with E-state index in [0.717, 1.165) is 26.5 Å². The molecule has 0 aromatic heterocycles. The minimum absolute atomic E-state index is 0.491. The van der Waals surface area contributed by atoms with E-state index in [1.165, 1.54) is 0 Å². The van der Waals surface area contributed by atoms with Crippen molar-refractivity contribution >= 4 is 21.6 Å². The van der Waals surface area contributed by atoms with Gasteiger partial charge in [-0.15, -0.1) is 0 Å². The van der Waals surface area contributed by atoms with E-state index >= 15 is 0 Å². The van der Waals surface area contributed by atoms with E-state index < -0.39 is 21.6 Å². The van der Waals surface area contributed by atoms with Crippen molar-refractivity contribution in [2.24, 2.45) is 0 Å². The average molecular weight is 369 g/mol. The Morgan fingerprint density at radius 3 is 1.76 bits per heavy atom. The van der Waals surface area contributed by atoms with Crippen LogP contribution in [0.15, 0.2) is 88.7 Å². The van der Waals surface area contributed by atoms with Crippen molar-refractivity contribution in [2.45, 2.75) is 28.2 Å². The lowest BCUT2D eigenvalue weighted by atomic mass is 10.2. The molecule has 3 aromatic carbocycles. The minimum atomic E-state index is -1.05. The average Bonchev–Trinajstić information content (AvgIpc) is 2.64. The lowest BCUT2D eigenvalue weighted by molar-refractivity contribution is 0.681. The molecule has 0 amide bonds. The summed E-state index contributed by atoms with van der Waals surface area (Å²) in [6, 6.07) is 25.2. The Labute approximate surface area is 153 Å². The molecule has 0 saturated heterocycles. The second-order valence-electron chi connectivity index (χ2n) is 5.87. The Hall–Kier alpha value is -2.04. The molecule has 0 radical (unpaired) electrons. The molecule has 0 aliphatic rings. The van der Waals surface area contributed by atoms with Crippen molar-refractivity contribution in [2.75, 3.05) is 0 Å². The molecule has 0 aliphatic carbocycles. The molecule has 2 atom stereocenters. The third kappa shape index (κ3) is 4.74. The normalized spacial score (nSPS) is 13.3. The van der Waals surface area contributed by atoms with Gasteiger partial charge in [0.25, 0.3) is 0 Å². The summed E-state index contributed by atoms with van der Waals surface area (Å²) in [7, 11) is -2.10.